The van der Waals surface area contributed by atoms with Crippen LogP contribution < -0.4 is 5.73 Å². The minimum absolute atomic E-state index is 0.147. The molecule has 0 spiro atoms. The Kier molecular flexibility index (Phi) is 4.59. The molecule has 0 aromatic heterocycles. The van der Waals surface area contributed by atoms with Crippen LogP contribution in [0.2, 0.25) is 0 Å². The molecule has 3 atom stereocenters. The molecule has 4 heteroatoms. The Morgan fingerprint density at radius 3 is 2.60 bits per heavy atom. The van der Waals surface area contributed by atoms with E-state index in [1.54, 1.807) is 0 Å². The summed E-state index contributed by atoms with van der Waals surface area (Å²) in [4.78, 5) is 0. The molecule has 3 nitrogen and oxygen atoms in total. The van der Waals surface area contributed by atoms with Crippen molar-refractivity contribution in [2.24, 2.45) is 17.6 Å². The highest BCUT2D eigenvalue weighted by atomic mass is 32.2. The number of nitrogens with two attached hydrogens (primary N) is 1. The molecule has 0 aromatic rings. The quantitative estimate of drug-likeness (QED) is 0.802. The van der Waals surface area contributed by atoms with Crippen LogP contribution >= 0.6 is 0 Å². The molecule has 1 fully saturated rings. The maximum Gasteiger partial charge on any atom is 0.148 e. The van der Waals surface area contributed by atoms with Gasteiger partial charge in [0.1, 0.15) is 9.84 Å². The van der Waals surface area contributed by atoms with Gasteiger partial charge in [-0.3, -0.25) is 0 Å². The van der Waals surface area contributed by atoms with Crippen LogP contribution in [0.4, 0.5) is 0 Å². The van der Waals surface area contributed by atoms with Gasteiger partial charge >= 0.3 is 0 Å². The van der Waals surface area contributed by atoms with Crippen molar-refractivity contribution in [1.29, 1.82) is 0 Å². The second kappa shape index (κ2) is 5.30. The van der Waals surface area contributed by atoms with Crippen molar-refractivity contribution < 1.29 is 8.42 Å². The van der Waals surface area contributed by atoms with E-state index >= 15 is 0 Å². The van der Waals surface area contributed by atoms with Gasteiger partial charge in [-0.1, -0.05) is 26.2 Å². The van der Waals surface area contributed by atoms with Gasteiger partial charge in [0.2, 0.25) is 0 Å². The van der Waals surface area contributed by atoms with E-state index < -0.39 is 9.84 Å². The van der Waals surface area contributed by atoms with E-state index in [2.05, 4.69) is 6.92 Å². The molecule has 0 saturated heterocycles. The highest BCUT2D eigenvalue weighted by molar-refractivity contribution is 7.90. The minimum atomic E-state index is -2.92. The average molecular weight is 233 g/mol. The Balaban J connectivity index is 2.48. The van der Waals surface area contributed by atoms with Crippen LogP contribution in [0, 0.1) is 11.8 Å². The molecule has 1 rings (SSSR count). The van der Waals surface area contributed by atoms with Gasteiger partial charge in [0.05, 0.1) is 5.75 Å². The zero-order chi connectivity index (χ0) is 11.5. The van der Waals surface area contributed by atoms with Gasteiger partial charge in [-0.25, -0.2) is 8.42 Å². The maximum absolute atomic E-state index is 11.2. The Morgan fingerprint density at radius 2 is 2.07 bits per heavy atom. The first-order chi connectivity index (χ1) is 6.92. The summed E-state index contributed by atoms with van der Waals surface area (Å²) in [5.41, 5.74) is 5.97. The van der Waals surface area contributed by atoms with E-state index in [9.17, 15) is 8.42 Å². The molecule has 0 aromatic carbocycles. The number of hydrogen-bond donors (Lipinski definition) is 1. The zero-order valence-corrected chi connectivity index (χ0v) is 10.6. The van der Waals surface area contributed by atoms with Crippen LogP contribution in [0.5, 0.6) is 0 Å². The minimum Gasteiger partial charge on any atom is -0.327 e. The summed E-state index contributed by atoms with van der Waals surface area (Å²) in [7, 11) is -2.92. The summed E-state index contributed by atoms with van der Waals surface area (Å²) < 4.78 is 22.3. The second-order valence-electron chi connectivity index (χ2n) is 4.96. The van der Waals surface area contributed by atoms with Crippen molar-refractivity contribution in [2.75, 3.05) is 12.0 Å². The van der Waals surface area contributed by atoms with Crippen LogP contribution in [-0.2, 0) is 9.84 Å². The summed E-state index contributed by atoms with van der Waals surface area (Å²) >= 11 is 0. The van der Waals surface area contributed by atoms with Crippen molar-refractivity contribution in [3.63, 3.8) is 0 Å². The molecule has 0 amide bonds. The fraction of sp³-hybridized carbons (Fsp3) is 1.00. The Labute approximate surface area is 93.3 Å². The zero-order valence-electron chi connectivity index (χ0n) is 9.78. The van der Waals surface area contributed by atoms with E-state index in [0.29, 0.717) is 5.92 Å². The summed E-state index contributed by atoms with van der Waals surface area (Å²) in [6, 6.07) is -0.158. The van der Waals surface area contributed by atoms with Crippen LogP contribution in [0.15, 0.2) is 0 Å². The van der Waals surface area contributed by atoms with Crippen molar-refractivity contribution in [3.8, 4) is 0 Å². The molecule has 0 bridgehead atoms. The summed E-state index contributed by atoms with van der Waals surface area (Å²) in [6.45, 7) is 2.20. The standard InChI is InChI=1S/C11H23NO2S/c1-3-9-5-4-6-10(7-9)11(12)8-15(2,13)14/h9-11H,3-8,12H2,1-2H3. The Bertz CT molecular complexity index is 287. The van der Waals surface area contributed by atoms with Gasteiger partial charge in [-0.05, 0) is 24.7 Å². The van der Waals surface area contributed by atoms with Gasteiger partial charge in [0.25, 0.3) is 0 Å². The predicted octanol–water partition coefficient (Wildman–Crippen LogP) is 1.57. The molecular formula is C11H23NO2S. The van der Waals surface area contributed by atoms with Crippen LogP contribution in [0.3, 0.4) is 0 Å². The lowest BCUT2D eigenvalue weighted by Gasteiger charge is -2.32. The SMILES string of the molecule is CCC1CCCC(C(N)CS(C)(=O)=O)C1. The first-order valence-electron chi connectivity index (χ1n) is 5.85. The predicted molar refractivity (Wildman–Crippen MR) is 63.4 cm³/mol. The second-order valence-corrected chi connectivity index (χ2v) is 7.14. The number of rotatable bonds is 4. The highest BCUT2D eigenvalue weighted by Gasteiger charge is 2.27. The fourth-order valence-electron chi connectivity index (χ4n) is 2.58. The van der Waals surface area contributed by atoms with Gasteiger partial charge in [0, 0.05) is 12.3 Å². The smallest absolute Gasteiger partial charge is 0.148 e. The lowest BCUT2D eigenvalue weighted by Crippen LogP contribution is -2.39. The van der Waals surface area contributed by atoms with Crippen LogP contribution in [0.1, 0.15) is 39.0 Å². The lowest BCUT2D eigenvalue weighted by molar-refractivity contribution is 0.237. The van der Waals surface area contributed by atoms with Crippen molar-refractivity contribution in [3.05, 3.63) is 0 Å². The lowest BCUT2D eigenvalue weighted by atomic mass is 9.77. The van der Waals surface area contributed by atoms with E-state index in [1.165, 1.54) is 25.5 Å². The molecule has 0 heterocycles. The van der Waals surface area contributed by atoms with Gasteiger partial charge in [0.15, 0.2) is 0 Å². The van der Waals surface area contributed by atoms with E-state index in [1.807, 2.05) is 0 Å². The molecule has 2 N–H and O–H groups in total. The summed E-state index contributed by atoms with van der Waals surface area (Å²) in [5.74, 6) is 1.32. The van der Waals surface area contributed by atoms with Gasteiger partial charge in [-0.15, -0.1) is 0 Å². The van der Waals surface area contributed by atoms with E-state index in [0.717, 1.165) is 18.8 Å². The third-order valence-corrected chi connectivity index (χ3v) is 4.49. The van der Waals surface area contributed by atoms with Crippen molar-refractivity contribution in [1.82, 2.24) is 0 Å². The Hall–Kier alpha value is -0.0900. The molecule has 1 aliphatic carbocycles. The largest absolute Gasteiger partial charge is 0.327 e. The molecule has 0 radical (unpaired) electrons. The summed E-state index contributed by atoms with van der Waals surface area (Å²) in [6.07, 6.45) is 7.19. The monoisotopic (exact) mass is 233 g/mol. The Morgan fingerprint density at radius 1 is 1.40 bits per heavy atom. The van der Waals surface area contributed by atoms with Crippen molar-refractivity contribution in [2.45, 2.75) is 45.1 Å². The molecule has 15 heavy (non-hydrogen) atoms. The molecular weight excluding hydrogens is 210 g/mol. The van der Waals surface area contributed by atoms with Crippen LogP contribution in [-0.4, -0.2) is 26.5 Å². The first kappa shape index (κ1) is 13.0. The first-order valence-corrected chi connectivity index (χ1v) is 7.91. The molecule has 90 valence electrons. The summed E-state index contributed by atoms with van der Waals surface area (Å²) in [5, 5.41) is 0. The topological polar surface area (TPSA) is 60.2 Å². The van der Waals surface area contributed by atoms with Crippen molar-refractivity contribution >= 4 is 9.84 Å². The van der Waals surface area contributed by atoms with Crippen LogP contribution in [0.25, 0.3) is 0 Å². The molecule has 1 aliphatic rings. The third kappa shape index (κ3) is 4.51. The third-order valence-electron chi connectivity index (χ3n) is 3.50. The van der Waals surface area contributed by atoms with E-state index in [4.69, 9.17) is 5.73 Å². The molecule has 1 saturated carbocycles. The van der Waals surface area contributed by atoms with E-state index in [-0.39, 0.29) is 11.8 Å². The fourth-order valence-corrected chi connectivity index (χ4v) is 3.55. The number of hydrogen-bond acceptors (Lipinski definition) is 3. The molecule has 3 unspecified atom stereocenters. The normalized spacial score (nSPS) is 30.1. The molecule has 0 aliphatic heterocycles. The van der Waals surface area contributed by atoms with Gasteiger partial charge in [-0.2, -0.15) is 0 Å². The average Bonchev–Trinajstić information content (AvgIpc) is 2.15. The maximum atomic E-state index is 11.2. The number of sulfone groups is 1. The van der Waals surface area contributed by atoms with Gasteiger partial charge < -0.3 is 5.73 Å². The highest BCUT2D eigenvalue weighted by Crippen LogP contribution is 2.32.